The molecule has 4 aliphatic carbocycles. The molecule has 5 atom stereocenters. The number of carbonyl (C=O) groups is 5. The summed E-state index contributed by atoms with van der Waals surface area (Å²) in [6, 6.07) is 4.45. The van der Waals surface area contributed by atoms with E-state index in [2.05, 4.69) is 41.7 Å². The Hall–Kier alpha value is -3.74. The number of nitrogens with one attached hydrogen (secondary N) is 4. The van der Waals surface area contributed by atoms with Gasteiger partial charge in [-0.15, -0.1) is 6.58 Å². The van der Waals surface area contributed by atoms with E-state index in [9.17, 15) is 32.4 Å². The minimum atomic E-state index is -3.59. The van der Waals surface area contributed by atoms with Crippen LogP contribution in [0.25, 0.3) is 0 Å². The number of urea groups is 1. The standard InChI is InChI=1S/C42H61N5O7S/c1-7-20-43-37(50)35(48)31(21-26-14-13-15-26)44-36(49)34-32-30(41(32,5)6)24-47(34)38(51)33(29-22-27-16-9-10-17-28(27)23-29)45-39(52)46-42(18-11-8-12-19-42)25-55(53,54)40(2,3)4/h7,9-10,16-17,26,29-34H,1,8,11-15,18-25H2,2-6H3,(H,43,50)(H,44,49)(H2,45,46,52)/t30-,31?,32?,33-,34-/m0/s1. The Labute approximate surface area is 326 Å². The van der Waals surface area contributed by atoms with Crippen LogP contribution < -0.4 is 21.3 Å². The SMILES string of the molecule is C=CCNC(=O)C(=O)C(CC1CCC1)NC(=O)[C@@H]1C2[C@H](CN1C(=O)[C@@H](NC(=O)NC1(CS(=O)(=O)C(C)(C)C)CCCCC1)C1Cc3ccccc3C1)C2(C)C. The highest BCUT2D eigenvalue weighted by molar-refractivity contribution is 7.92. The van der Waals surface area contributed by atoms with Gasteiger partial charge in [-0.1, -0.05) is 82.7 Å². The number of piperidine rings is 1. The van der Waals surface area contributed by atoms with Gasteiger partial charge in [-0.05, 0) is 93.1 Å². The number of fused-ring (bicyclic) bond motifs is 2. The van der Waals surface area contributed by atoms with Gasteiger partial charge in [0, 0.05) is 13.1 Å². The quantitative estimate of drug-likeness (QED) is 0.163. The summed E-state index contributed by atoms with van der Waals surface area (Å²) in [6.45, 7) is 13.2. The van der Waals surface area contributed by atoms with Gasteiger partial charge in [0.2, 0.25) is 17.6 Å². The summed E-state index contributed by atoms with van der Waals surface area (Å²) < 4.78 is 26.0. The van der Waals surface area contributed by atoms with Gasteiger partial charge in [0.05, 0.1) is 22.1 Å². The van der Waals surface area contributed by atoms with Crippen LogP contribution in [0, 0.1) is 29.1 Å². The van der Waals surface area contributed by atoms with Crippen LogP contribution in [0.5, 0.6) is 0 Å². The lowest BCUT2D eigenvalue weighted by Crippen LogP contribution is -2.63. The van der Waals surface area contributed by atoms with Crippen molar-refractivity contribution in [2.45, 2.75) is 134 Å². The smallest absolute Gasteiger partial charge is 0.315 e. The molecule has 1 heterocycles. The van der Waals surface area contributed by atoms with Gasteiger partial charge in [0.15, 0.2) is 9.84 Å². The molecule has 2 unspecified atom stereocenters. The first-order chi connectivity index (χ1) is 25.9. The third-order valence-electron chi connectivity index (χ3n) is 13.5. The van der Waals surface area contributed by atoms with Gasteiger partial charge < -0.3 is 26.2 Å². The van der Waals surface area contributed by atoms with Gasteiger partial charge in [-0.2, -0.15) is 0 Å². The van der Waals surface area contributed by atoms with Crippen molar-refractivity contribution in [3.63, 3.8) is 0 Å². The fourth-order valence-corrected chi connectivity index (χ4v) is 11.2. The molecule has 4 N–H and O–H groups in total. The average Bonchev–Trinajstić information content (AvgIpc) is 3.46. The third kappa shape index (κ3) is 8.51. The molecule has 0 aromatic heterocycles. The predicted octanol–water partition coefficient (Wildman–Crippen LogP) is 4.01. The topological polar surface area (TPSA) is 171 Å². The van der Waals surface area contributed by atoms with E-state index in [4.69, 9.17) is 0 Å². The zero-order valence-electron chi connectivity index (χ0n) is 33.2. The number of sulfone groups is 1. The lowest BCUT2D eigenvalue weighted by Gasteiger charge is -2.40. The highest BCUT2D eigenvalue weighted by atomic mass is 32.2. The van der Waals surface area contributed by atoms with Crippen LogP contribution in [0.1, 0.15) is 104 Å². The maximum atomic E-state index is 15.0. The summed E-state index contributed by atoms with van der Waals surface area (Å²) >= 11 is 0. The molecular weight excluding hydrogens is 719 g/mol. The lowest BCUT2D eigenvalue weighted by atomic mass is 9.80. The molecule has 302 valence electrons. The van der Waals surface area contributed by atoms with Crippen molar-refractivity contribution in [2.24, 2.45) is 29.1 Å². The third-order valence-corrected chi connectivity index (χ3v) is 16.3. The maximum absolute atomic E-state index is 15.0. The molecule has 0 spiro atoms. The number of ketones is 1. The molecule has 1 aromatic rings. The number of hydrogen-bond donors (Lipinski definition) is 4. The van der Waals surface area contributed by atoms with Crippen LogP contribution in [0.2, 0.25) is 0 Å². The average molecular weight is 780 g/mol. The van der Waals surface area contributed by atoms with Crippen LogP contribution in [-0.2, 0) is 41.9 Å². The van der Waals surface area contributed by atoms with Crippen molar-refractivity contribution < 1.29 is 32.4 Å². The zero-order chi connectivity index (χ0) is 39.9. The summed E-state index contributed by atoms with van der Waals surface area (Å²) in [6.07, 6.45) is 9.36. The Balaban J connectivity index is 1.26. The molecule has 1 aliphatic heterocycles. The Morgan fingerprint density at radius 1 is 0.964 bits per heavy atom. The first-order valence-corrected chi connectivity index (χ1v) is 21.9. The Morgan fingerprint density at radius 2 is 1.60 bits per heavy atom. The van der Waals surface area contributed by atoms with Crippen LogP contribution in [0.3, 0.4) is 0 Å². The number of hydrogen-bond acceptors (Lipinski definition) is 7. The van der Waals surface area contributed by atoms with E-state index in [1.165, 1.54) is 6.08 Å². The Morgan fingerprint density at radius 3 is 2.16 bits per heavy atom. The summed E-state index contributed by atoms with van der Waals surface area (Å²) in [5.41, 5.74) is 1.00. The fourth-order valence-electron chi connectivity index (χ4n) is 9.69. The normalized spacial score (nSPS) is 25.3. The number of Topliss-reactive ketones (excluding diaryl/α,β-unsaturated/α-hetero) is 1. The number of likely N-dealkylation sites (tertiary alicyclic amines) is 1. The molecule has 13 heteroatoms. The molecular formula is C42H61N5O7S. The minimum absolute atomic E-state index is 0.0484. The van der Waals surface area contributed by atoms with Gasteiger partial charge in [0.1, 0.15) is 12.1 Å². The monoisotopic (exact) mass is 779 g/mol. The summed E-state index contributed by atoms with van der Waals surface area (Å²) in [7, 11) is -3.59. The van der Waals surface area contributed by atoms with Crippen molar-refractivity contribution in [1.82, 2.24) is 26.2 Å². The van der Waals surface area contributed by atoms with E-state index in [-0.39, 0.29) is 47.3 Å². The van der Waals surface area contributed by atoms with Crippen molar-refractivity contribution in [2.75, 3.05) is 18.8 Å². The van der Waals surface area contributed by atoms with Gasteiger partial charge in [-0.3, -0.25) is 19.2 Å². The van der Waals surface area contributed by atoms with Crippen LogP contribution in [0.15, 0.2) is 36.9 Å². The number of benzene rings is 1. The molecule has 0 bridgehead atoms. The Bertz CT molecular complexity index is 1770. The van der Waals surface area contributed by atoms with Crippen molar-refractivity contribution in [3.05, 3.63) is 48.0 Å². The summed E-state index contributed by atoms with van der Waals surface area (Å²) in [5, 5.41) is 11.6. The Kier molecular flexibility index (Phi) is 11.6. The maximum Gasteiger partial charge on any atom is 0.315 e. The lowest BCUT2D eigenvalue weighted by molar-refractivity contribution is -0.144. The highest BCUT2D eigenvalue weighted by Gasteiger charge is 2.70. The molecule has 0 radical (unpaired) electrons. The van der Waals surface area contributed by atoms with E-state index < -0.39 is 61.9 Å². The summed E-state index contributed by atoms with van der Waals surface area (Å²) in [4.78, 5) is 71.4. The molecule has 3 saturated carbocycles. The van der Waals surface area contributed by atoms with Gasteiger partial charge in [-0.25, -0.2) is 13.2 Å². The second-order valence-electron chi connectivity index (χ2n) is 18.6. The minimum Gasteiger partial charge on any atom is -0.346 e. The van der Waals surface area contributed by atoms with Crippen molar-refractivity contribution in [1.29, 1.82) is 0 Å². The number of amides is 5. The summed E-state index contributed by atoms with van der Waals surface area (Å²) in [5.74, 6) is -2.72. The molecule has 4 fully saturated rings. The van der Waals surface area contributed by atoms with Gasteiger partial charge >= 0.3 is 6.03 Å². The van der Waals surface area contributed by atoms with E-state index >= 15 is 0 Å². The first kappa shape index (κ1) is 40.9. The van der Waals surface area contributed by atoms with Crippen molar-refractivity contribution in [3.8, 4) is 0 Å². The zero-order valence-corrected chi connectivity index (χ0v) is 34.1. The molecule has 12 nitrogen and oxygen atoms in total. The van der Waals surface area contributed by atoms with Crippen molar-refractivity contribution >= 4 is 39.4 Å². The van der Waals surface area contributed by atoms with E-state index in [1.807, 2.05) is 24.3 Å². The first-order valence-electron chi connectivity index (χ1n) is 20.3. The fraction of sp³-hybridized carbons (Fsp3) is 0.690. The second kappa shape index (κ2) is 15.7. The highest BCUT2D eigenvalue weighted by Crippen LogP contribution is 2.65. The second-order valence-corrected chi connectivity index (χ2v) is 21.3. The number of rotatable bonds is 14. The molecule has 5 aliphatic rings. The van der Waals surface area contributed by atoms with E-state index in [0.717, 1.165) is 49.7 Å². The van der Waals surface area contributed by atoms with E-state index in [1.54, 1.807) is 25.7 Å². The molecule has 1 saturated heterocycles. The predicted molar refractivity (Wildman–Crippen MR) is 211 cm³/mol. The van der Waals surface area contributed by atoms with E-state index in [0.29, 0.717) is 38.6 Å². The molecule has 5 amide bonds. The molecule has 6 rings (SSSR count). The number of carbonyl (C=O) groups excluding carboxylic acids is 5. The largest absolute Gasteiger partial charge is 0.346 e. The molecule has 1 aromatic carbocycles. The number of nitrogens with zero attached hydrogens (tertiary/aromatic N) is 1. The van der Waals surface area contributed by atoms with Crippen LogP contribution in [-0.4, -0.2) is 90.1 Å². The van der Waals surface area contributed by atoms with Crippen LogP contribution in [0.4, 0.5) is 4.79 Å². The van der Waals surface area contributed by atoms with Gasteiger partial charge in [0.25, 0.3) is 5.91 Å². The molecule has 55 heavy (non-hydrogen) atoms. The van der Waals surface area contributed by atoms with Crippen LogP contribution >= 0.6 is 0 Å².